The van der Waals surface area contributed by atoms with Gasteiger partial charge in [0.1, 0.15) is 4.90 Å². The van der Waals surface area contributed by atoms with E-state index in [1.807, 2.05) is 0 Å². The Labute approximate surface area is 118 Å². The first-order valence-corrected chi connectivity index (χ1v) is 7.84. The number of nitrogens with one attached hydrogen (secondary N) is 2. The molecule has 0 aliphatic heterocycles. The van der Waals surface area contributed by atoms with Crippen LogP contribution >= 0.6 is 22.9 Å². The van der Waals surface area contributed by atoms with E-state index in [0.717, 1.165) is 11.3 Å². The fourth-order valence-corrected chi connectivity index (χ4v) is 3.53. The van der Waals surface area contributed by atoms with Crippen molar-refractivity contribution in [2.75, 3.05) is 5.73 Å². The van der Waals surface area contributed by atoms with Gasteiger partial charge in [0.2, 0.25) is 10.0 Å². The van der Waals surface area contributed by atoms with Crippen molar-refractivity contribution in [3.63, 3.8) is 0 Å². The van der Waals surface area contributed by atoms with Crippen LogP contribution in [0.15, 0.2) is 33.3 Å². The second kappa shape index (κ2) is 5.33. The van der Waals surface area contributed by atoms with Crippen molar-refractivity contribution in [2.45, 2.75) is 11.4 Å². The minimum absolute atomic E-state index is 0.0121. The van der Waals surface area contributed by atoms with Gasteiger partial charge in [0, 0.05) is 16.8 Å². The topological polar surface area (TPSA) is 105 Å². The van der Waals surface area contributed by atoms with Gasteiger partial charge in [-0.2, -0.15) is 0 Å². The Balaban J connectivity index is 2.20. The number of sulfonamides is 1. The molecule has 0 aliphatic carbocycles. The lowest BCUT2D eigenvalue weighted by molar-refractivity contribution is 0.580. The summed E-state index contributed by atoms with van der Waals surface area (Å²) >= 11 is 6.81. The number of nitrogen functional groups attached to an aromatic ring is 1. The van der Waals surface area contributed by atoms with Crippen LogP contribution in [0.2, 0.25) is 5.02 Å². The fraction of sp³-hybridized carbons (Fsp3) is 0.100. The van der Waals surface area contributed by atoms with E-state index in [2.05, 4.69) is 9.71 Å². The van der Waals surface area contributed by atoms with Gasteiger partial charge in [-0.05, 0) is 18.2 Å². The largest absolute Gasteiger partial charge is 0.399 e. The molecule has 9 heteroatoms. The van der Waals surface area contributed by atoms with Crippen LogP contribution in [0, 0.1) is 0 Å². The van der Waals surface area contributed by atoms with Gasteiger partial charge in [0.05, 0.1) is 11.6 Å². The molecule has 2 rings (SSSR count). The van der Waals surface area contributed by atoms with Crippen LogP contribution in [0.1, 0.15) is 5.69 Å². The number of aromatic nitrogens is 1. The molecule has 1 heterocycles. The monoisotopic (exact) mass is 319 g/mol. The normalized spacial score (nSPS) is 11.6. The van der Waals surface area contributed by atoms with Crippen molar-refractivity contribution < 1.29 is 8.42 Å². The van der Waals surface area contributed by atoms with Gasteiger partial charge < -0.3 is 10.7 Å². The Bertz CT molecular complexity index is 751. The van der Waals surface area contributed by atoms with Gasteiger partial charge in [-0.15, -0.1) is 0 Å². The third-order valence-electron chi connectivity index (χ3n) is 2.27. The minimum atomic E-state index is -3.75. The van der Waals surface area contributed by atoms with Crippen LogP contribution in [0.5, 0.6) is 0 Å². The number of nitrogens with two attached hydrogens (primary N) is 1. The summed E-state index contributed by atoms with van der Waals surface area (Å²) in [5.74, 6) is 0. The Morgan fingerprint density at radius 3 is 2.74 bits per heavy atom. The van der Waals surface area contributed by atoms with Gasteiger partial charge in [-0.3, -0.25) is 4.79 Å². The summed E-state index contributed by atoms with van der Waals surface area (Å²) in [6.45, 7) is -0.0121. The Morgan fingerprint density at radius 1 is 1.42 bits per heavy atom. The predicted molar refractivity (Wildman–Crippen MR) is 74.8 cm³/mol. The van der Waals surface area contributed by atoms with Gasteiger partial charge in [-0.1, -0.05) is 22.9 Å². The van der Waals surface area contributed by atoms with Crippen molar-refractivity contribution >= 4 is 38.6 Å². The molecule has 0 spiro atoms. The molecule has 0 saturated carbocycles. The lowest BCUT2D eigenvalue weighted by Crippen LogP contribution is -2.24. The van der Waals surface area contributed by atoms with E-state index in [9.17, 15) is 13.2 Å². The number of H-pyrrole nitrogens is 1. The first kappa shape index (κ1) is 14.1. The molecule has 102 valence electrons. The molecule has 6 nitrogen and oxygen atoms in total. The number of benzene rings is 1. The van der Waals surface area contributed by atoms with Crippen LogP contribution < -0.4 is 15.3 Å². The zero-order valence-electron chi connectivity index (χ0n) is 9.51. The maximum absolute atomic E-state index is 12.0. The number of hydrogen-bond donors (Lipinski definition) is 3. The molecule has 1 aromatic heterocycles. The molecule has 0 atom stereocenters. The van der Waals surface area contributed by atoms with E-state index in [1.54, 1.807) is 5.38 Å². The highest BCUT2D eigenvalue weighted by Crippen LogP contribution is 2.23. The second-order valence-electron chi connectivity index (χ2n) is 3.69. The zero-order valence-corrected chi connectivity index (χ0v) is 11.9. The van der Waals surface area contributed by atoms with E-state index >= 15 is 0 Å². The summed E-state index contributed by atoms with van der Waals surface area (Å²) < 4.78 is 26.4. The van der Waals surface area contributed by atoms with Crippen molar-refractivity contribution in [3.8, 4) is 0 Å². The highest BCUT2D eigenvalue weighted by atomic mass is 35.5. The second-order valence-corrected chi connectivity index (χ2v) is 6.67. The summed E-state index contributed by atoms with van der Waals surface area (Å²) in [5.41, 5.74) is 6.37. The molecule has 2 aromatic rings. The third kappa shape index (κ3) is 3.35. The van der Waals surface area contributed by atoms with E-state index in [1.165, 1.54) is 18.2 Å². The van der Waals surface area contributed by atoms with E-state index in [4.69, 9.17) is 17.3 Å². The van der Waals surface area contributed by atoms with E-state index in [0.29, 0.717) is 11.4 Å². The molecule has 19 heavy (non-hydrogen) atoms. The Kier molecular flexibility index (Phi) is 3.95. The number of rotatable bonds is 4. The zero-order chi connectivity index (χ0) is 14.0. The van der Waals surface area contributed by atoms with Crippen LogP contribution in [0.25, 0.3) is 0 Å². The summed E-state index contributed by atoms with van der Waals surface area (Å²) in [6.07, 6.45) is 0. The molecule has 0 radical (unpaired) electrons. The number of halogens is 1. The first-order valence-electron chi connectivity index (χ1n) is 5.10. The highest BCUT2D eigenvalue weighted by Gasteiger charge is 2.17. The highest BCUT2D eigenvalue weighted by molar-refractivity contribution is 7.89. The number of aromatic amines is 1. The number of thiazole rings is 1. The SMILES string of the molecule is Nc1ccc(S(=O)(=O)NCc2csc(=O)[nH]2)c(Cl)c1. The van der Waals surface area contributed by atoms with Gasteiger partial charge in [-0.25, -0.2) is 13.1 Å². The van der Waals surface area contributed by atoms with Crippen molar-refractivity contribution in [3.05, 3.63) is 44.0 Å². The molecule has 0 aliphatic rings. The number of anilines is 1. The lowest BCUT2D eigenvalue weighted by Gasteiger charge is -2.07. The van der Waals surface area contributed by atoms with E-state index in [-0.39, 0.29) is 21.3 Å². The minimum Gasteiger partial charge on any atom is -0.399 e. The standard InChI is InChI=1S/C10H10ClN3O3S2/c11-8-3-6(12)1-2-9(8)19(16,17)13-4-7-5-18-10(15)14-7/h1-3,5,13H,4,12H2,(H,14,15). The molecule has 0 fully saturated rings. The van der Waals surface area contributed by atoms with Crippen molar-refractivity contribution in [1.82, 2.24) is 9.71 Å². The van der Waals surface area contributed by atoms with Crippen LogP contribution in [-0.2, 0) is 16.6 Å². The summed E-state index contributed by atoms with van der Waals surface area (Å²) in [5, 5.41) is 1.60. The predicted octanol–water partition coefficient (Wildman–Crippen LogP) is 1.15. The van der Waals surface area contributed by atoms with Gasteiger partial charge in [0.25, 0.3) is 0 Å². The average molecular weight is 320 g/mol. The molecular weight excluding hydrogens is 310 g/mol. The number of hydrogen-bond acceptors (Lipinski definition) is 5. The first-order chi connectivity index (χ1) is 8.88. The van der Waals surface area contributed by atoms with Crippen molar-refractivity contribution in [1.29, 1.82) is 0 Å². The summed E-state index contributed by atoms with van der Waals surface area (Å²) in [4.78, 5) is 13.1. The summed E-state index contributed by atoms with van der Waals surface area (Å²) in [7, 11) is -3.75. The van der Waals surface area contributed by atoms with Crippen LogP contribution in [-0.4, -0.2) is 13.4 Å². The quantitative estimate of drug-likeness (QED) is 0.735. The van der Waals surface area contributed by atoms with Crippen LogP contribution in [0.4, 0.5) is 5.69 Å². The maximum Gasteiger partial charge on any atom is 0.304 e. The van der Waals surface area contributed by atoms with Crippen molar-refractivity contribution in [2.24, 2.45) is 0 Å². The maximum atomic E-state index is 12.0. The lowest BCUT2D eigenvalue weighted by atomic mass is 10.3. The molecule has 1 aromatic carbocycles. The van der Waals surface area contributed by atoms with Crippen LogP contribution in [0.3, 0.4) is 0 Å². The van der Waals surface area contributed by atoms with E-state index < -0.39 is 10.0 Å². The Morgan fingerprint density at radius 2 is 2.16 bits per heavy atom. The average Bonchev–Trinajstić information content (AvgIpc) is 2.72. The molecule has 0 bridgehead atoms. The molecular formula is C10H10ClN3O3S2. The Hall–Kier alpha value is -1.35. The molecule has 4 N–H and O–H groups in total. The molecule has 0 saturated heterocycles. The third-order valence-corrected chi connectivity index (χ3v) is 4.87. The smallest absolute Gasteiger partial charge is 0.304 e. The fourth-order valence-electron chi connectivity index (χ4n) is 1.39. The van der Waals surface area contributed by atoms with Gasteiger partial charge >= 0.3 is 4.87 Å². The summed E-state index contributed by atoms with van der Waals surface area (Å²) in [6, 6.07) is 4.14. The molecule has 0 unspecified atom stereocenters. The van der Waals surface area contributed by atoms with Gasteiger partial charge in [0.15, 0.2) is 0 Å². The molecule has 0 amide bonds.